The van der Waals surface area contributed by atoms with Gasteiger partial charge in [-0.25, -0.2) is 0 Å². The molecule has 1 aliphatic carbocycles. The third kappa shape index (κ3) is 3.68. The van der Waals surface area contributed by atoms with Crippen molar-refractivity contribution >= 4 is 11.8 Å². The van der Waals surface area contributed by atoms with E-state index in [9.17, 15) is 9.59 Å². The van der Waals surface area contributed by atoms with E-state index in [0.717, 1.165) is 24.2 Å². The number of ether oxygens (including phenoxy) is 2. The fourth-order valence-electron chi connectivity index (χ4n) is 4.74. The van der Waals surface area contributed by atoms with Gasteiger partial charge in [0.1, 0.15) is 5.75 Å². The van der Waals surface area contributed by atoms with Crippen molar-refractivity contribution < 1.29 is 19.1 Å². The van der Waals surface area contributed by atoms with Gasteiger partial charge in [0.15, 0.2) is 0 Å². The minimum absolute atomic E-state index is 0.0445. The molecule has 4 rings (SSSR count). The summed E-state index contributed by atoms with van der Waals surface area (Å²) in [6.07, 6.45) is 4.74. The van der Waals surface area contributed by atoms with E-state index in [0.29, 0.717) is 39.2 Å². The first-order valence-electron chi connectivity index (χ1n) is 9.93. The number of hydrogen-bond donors (Lipinski definition) is 0. The minimum Gasteiger partial charge on any atom is -0.496 e. The van der Waals surface area contributed by atoms with E-state index in [1.54, 1.807) is 12.0 Å². The molecule has 146 valence electrons. The maximum Gasteiger partial charge on any atom is 0.228 e. The van der Waals surface area contributed by atoms with Gasteiger partial charge in [-0.05, 0) is 18.9 Å². The van der Waals surface area contributed by atoms with Crippen LogP contribution in [-0.4, -0.2) is 60.6 Å². The first-order valence-corrected chi connectivity index (χ1v) is 9.93. The van der Waals surface area contributed by atoms with Crippen LogP contribution >= 0.6 is 0 Å². The molecule has 1 aromatic carbocycles. The van der Waals surface area contributed by atoms with E-state index in [-0.39, 0.29) is 23.3 Å². The fraction of sp³-hybridized carbons (Fsp3) is 0.619. The highest BCUT2D eigenvalue weighted by molar-refractivity contribution is 5.89. The first-order chi connectivity index (χ1) is 13.1. The molecule has 3 aliphatic rings. The Hall–Kier alpha value is -2.08. The van der Waals surface area contributed by atoms with Crippen molar-refractivity contribution in [2.75, 3.05) is 33.4 Å². The summed E-state index contributed by atoms with van der Waals surface area (Å²) in [5.41, 5.74) is 0.839. The van der Waals surface area contributed by atoms with Crippen molar-refractivity contribution in [1.82, 2.24) is 9.80 Å². The molecule has 2 saturated heterocycles. The molecule has 6 heteroatoms. The van der Waals surface area contributed by atoms with E-state index in [4.69, 9.17) is 9.47 Å². The van der Waals surface area contributed by atoms with E-state index in [2.05, 4.69) is 0 Å². The number of likely N-dealkylation sites (tertiary alicyclic amines) is 1. The Bertz CT molecular complexity index is 714. The summed E-state index contributed by atoms with van der Waals surface area (Å²) in [6, 6.07) is 7.72. The highest BCUT2D eigenvalue weighted by Gasteiger charge is 2.43. The summed E-state index contributed by atoms with van der Waals surface area (Å²) < 4.78 is 11.4. The average Bonchev–Trinajstić information content (AvgIpc) is 3.28. The van der Waals surface area contributed by atoms with Crippen molar-refractivity contribution in [3.63, 3.8) is 0 Å². The molecule has 0 radical (unpaired) electrons. The van der Waals surface area contributed by atoms with Crippen molar-refractivity contribution in [2.24, 2.45) is 5.92 Å². The third-order valence-electron chi connectivity index (χ3n) is 6.19. The lowest BCUT2D eigenvalue weighted by molar-refractivity contribution is -0.153. The second-order valence-electron chi connectivity index (χ2n) is 7.99. The van der Waals surface area contributed by atoms with E-state index in [1.807, 2.05) is 29.2 Å². The van der Waals surface area contributed by atoms with Crippen LogP contribution in [0, 0.1) is 5.92 Å². The standard InChI is InChI=1S/C21H28N2O4/c1-26-18-7-3-2-6-16(18)13-23-14-17(12-19(23)24)20(25)22-10-11-27-21(15-22)8-4-5-9-21/h2-3,6-7,17H,4-5,8-15H2,1H3. The molecule has 1 spiro atoms. The number of carbonyl (C=O) groups excluding carboxylic acids is 2. The zero-order chi connectivity index (χ0) is 18.9. The highest BCUT2D eigenvalue weighted by Crippen LogP contribution is 2.36. The Morgan fingerprint density at radius 1 is 1.30 bits per heavy atom. The lowest BCUT2D eigenvalue weighted by Gasteiger charge is -2.41. The monoisotopic (exact) mass is 372 g/mol. The Labute approximate surface area is 160 Å². The molecule has 1 atom stereocenters. The average molecular weight is 372 g/mol. The largest absolute Gasteiger partial charge is 0.496 e. The van der Waals surface area contributed by atoms with Crippen molar-refractivity contribution in [3.8, 4) is 5.75 Å². The second kappa shape index (κ2) is 7.50. The highest BCUT2D eigenvalue weighted by atomic mass is 16.5. The zero-order valence-electron chi connectivity index (χ0n) is 16.0. The SMILES string of the molecule is COc1ccccc1CN1CC(C(=O)N2CCOC3(CCCC3)C2)CC1=O. The normalized spacial score (nSPS) is 24.6. The van der Waals surface area contributed by atoms with Gasteiger partial charge in [-0.1, -0.05) is 31.0 Å². The maximum atomic E-state index is 13.1. The molecule has 0 aromatic heterocycles. The van der Waals surface area contributed by atoms with Gasteiger partial charge < -0.3 is 19.3 Å². The number of carbonyl (C=O) groups is 2. The Kier molecular flexibility index (Phi) is 5.08. The summed E-state index contributed by atoms with van der Waals surface area (Å²) in [7, 11) is 1.63. The topological polar surface area (TPSA) is 59.1 Å². The van der Waals surface area contributed by atoms with E-state index < -0.39 is 0 Å². The molecule has 3 fully saturated rings. The second-order valence-corrected chi connectivity index (χ2v) is 7.99. The van der Waals surface area contributed by atoms with Crippen LogP contribution in [0.25, 0.3) is 0 Å². The van der Waals surface area contributed by atoms with Crippen LogP contribution in [0.4, 0.5) is 0 Å². The van der Waals surface area contributed by atoms with Crippen LogP contribution in [-0.2, 0) is 20.9 Å². The van der Waals surface area contributed by atoms with Gasteiger partial charge in [0.05, 0.1) is 25.2 Å². The van der Waals surface area contributed by atoms with Crippen molar-refractivity contribution in [3.05, 3.63) is 29.8 Å². The number of amides is 2. The van der Waals surface area contributed by atoms with Gasteiger partial charge >= 0.3 is 0 Å². The molecule has 0 bridgehead atoms. The summed E-state index contributed by atoms with van der Waals surface area (Å²) in [5.74, 6) is 0.684. The predicted octanol–water partition coefficient (Wildman–Crippen LogP) is 2.22. The van der Waals surface area contributed by atoms with Crippen LogP contribution in [0.3, 0.4) is 0 Å². The van der Waals surface area contributed by atoms with Gasteiger partial charge in [-0.2, -0.15) is 0 Å². The molecule has 0 N–H and O–H groups in total. The molecule has 1 unspecified atom stereocenters. The van der Waals surface area contributed by atoms with Crippen LogP contribution in [0.5, 0.6) is 5.75 Å². The van der Waals surface area contributed by atoms with Gasteiger partial charge in [0.25, 0.3) is 0 Å². The minimum atomic E-state index is -0.247. The van der Waals surface area contributed by atoms with E-state index >= 15 is 0 Å². The lowest BCUT2D eigenvalue weighted by Crippen LogP contribution is -2.53. The molecule has 27 heavy (non-hydrogen) atoms. The fourth-order valence-corrected chi connectivity index (χ4v) is 4.74. The Morgan fingerprint density at radius 2 is 2.07 bits per heavy atom. The van der Waals surface area contributed by atoms with Gasteiger partial charge in [0.2, 0.25) is 11.8 Å². The maximum absolute atomic E-state index is 13.1. The number of benzene rings is 1. The number of morpholine rings is 1. The number of methoxy groups -OCH3 is 1. The molecular formula is C21H28N2O4. The van der Waals surface area contributed by atoms with Crippen LogP contribution in [0.15, 0.2) is 24.3 Å². The van der Waals surface area contributed by atoms with Gasteiger partial charge in [-0.3, -0.25) is 9.59 Å². The number of para-hydroxylation sites is 1. The Morgan fingerprint density at radius 3 is 2.85 bits per heavy atom. The molecular weight excluding hydrogens is 344 g/mol. The first kappa shape index (κ1) is 18.3. The van der Waals surface area contributed by atoms with Gasteiger partial charge in [0, 0.05) is 38.2 Å². The summed E-state index contributed by atoms with van der Waals surface area (Å²) >= 11 is 0. The lowest BCUT2D eigenvalue weighted by atomic mass is 9.98. The quantitative estimate of drug-likeness (QED) is 0.813. The number of hydrogen-bond acceptors (Lipinski definition) is 4. The number of rotatable bonds is 4. The molecule has 1 aromatic rings. The summed E-state index contributed by atoms with van der Waals surface area (Å²) in [6.45, 7) is 2.90. The molecule has 6 nitrogen and oxygen atoms in total. The Balaban J connectivity index is 1.40. The van der Waals surface area contributed by atoms with Crippen LogP contribution in [0.2, 0.25) is 0 Å². The van der Waals surface area contributed by atoms with Crippen LogP contribution in [0.1, 0.15) is 37.7 Å². The van der Waals surface area contributed by atoms with Gasteiger partial charge in [-0.15, -0.1) is 0 Å². The molecule has 2 heterocycles. The van der Waals surface area contributed by atoms with Crippen LogP contribution < -0.4 is 4.74 Å². The van der Waals surface area contributed by atoms with Crippen molar-refractivity contribution in [2.45, 2.75) is 44.2 Å². The molecule has 2 aliphatic heterocycles. The summed E-state index contributed by atoms with van der Waals surface area (Å²) in [5, 5.41) is 0. The zero-order valence-corrected chi connectivity index (χ0v) is 16.0. The molecule has 2 amide bonds. The smallest absolute Gasteiger partial charge is 0.228 e. The van der Waals surface area contributed by atoms with E-state index in [1.165, 1.54) is 12.8 Å². The third-order valence-corrected chi connectivity index (χ3v) is 6.19. The number of nitrogens with zero attached hydrogens (tertiary/aromatic N) is 2. The predicted molar refractivity (Wildman–Crippen MR) is 100 cm³/mol. The molecule has 1 saturated carbocycles. The van der Waals surface area contributed by atoms with Crippen molar-refractivity contribution in [1.29, 1.82) is 0 Å². The summed E-state index contributed by atoms with van der Waals surface area (Å²) in [4.78, 5) is 29.3.